The van der Waals surface area contributed by atoms with Crippen molar-refractivity contribution in [3.63, 3.8) is 0 Å². The maximum Gasteiger partial charge on any atom is 0.141 e. The summed E-state index contributed by atoms with van der Waals surface area (Å²) in [6.45, 7) is 0. The first kappa shape index (κ1) is 10.2. The smallest absolute Gasteiger partial charge is 0.141 e. The van der Waals surface area contributed by atoms with Gasteiger partial charge < -0.3 is 4.57 Å². The van der Waals surface area contributed by atoms with Crippen molar-refractivity contribution in [1.29, 1.82) is 5.26 Å². The molecule has 13 heavy (non-hydrogen) atoms. The Morgan fingerprint density at radius 3 is 2.62 bits per heavy atom. The lowest BCUT2D eigenvalue weighted by Gasteiger charge is -2.17. The molecule has 1 heterocycles. The molecule has 0 aromatic carbocycles. The summed E-state index contributed by atoms with van der Waals surface area (Å²) in [5, 5.41) is 8.96. The Hall–Kier alpha value is -0.860. The standard InChI is InChI=1S/C8H11BrN4/c1-12(2)6(4-10)7-8(9)11-5-13(7)3/h5-6H,1-3H3. The fourth-order valence-corrected chi connectivity index (χ4v) is 1.73. The highest BCUT2D eigenvalue weighted by atomic mass is 79.9. The molecule has 1 atom stereocenters. The van der Waals surface area contributed by atoms with E-state index in [2.05, 4.69) is 27.0 Å². The molecule has 0 N–H and O–H groups in total. The topological polar surface area (TPSA) is 44.9 Å². The zero-order valence-electron chi connectivity index (χ0n) is 7.82. The molecule has 1 unspecified atom stereocenters. The van der Waals surface area contributed by atoms with Crippen LogP contribution in [0, 0.1) is 11.3 Å². The van der Waals surface area contributed by atoms with Gasteiger partial charge in [-0.2, -0.15) is 5.26 Å². The van der Waals surface area contributed by atoms with Crippen molar-refractivity contribution >= 4 is 15.9 Å². The van der Waals surface area contributed by atoms with Gasteiger partial charge >= 0.3 is 0 Å². The second-order valence-electron chi connectivity index (χ2n) is 3.03. The summed E-state index contributed by atoms with van der Waals surface area (Å²) in [6.07, 6.45) is 1.69. The van der Waals surface area contributed by atoms with E-state index in [4.69, 9.17) is 5.26 Å². The van der Waals surface area contributed by atoms with Crippen LogP contribution in [0.5, 0.6) is 0 Å². The van der Waals surface area contributed by atoms with E-state index in [1.807, 2.05) is 30.6 Å². The largest absolute Gasteiger partial charge is 0.334 e. The first-order valence-corrected chi connectivity index (χ1v) is 4.60. The molecule has 0 amide bonds. The van der Waals surface area contributed by atoms with Crippen molar-refractivity contribution in [3.8, 4) is 6.07 Å². The van der Waals surface area contributed by atoms with Crippen LogP contribution in [0.15, 0.2) is 10.9 Å². The summed E-state index contributed by atoms with van der Waals surface area (Å²) in [4.78, 5) is 5.92. The summed E-state index contributed by atoms with van der Waals surface area (Å²) in [6, 6.07) is 1.96. The Labute approximate surface area is 85.9 Å². The van der Waals surface area contributed by atoms with Crippen molar-refractivity contribution in [1.82, 2.24) is 14.5 Å². The maximum atomic E-state index is 8.96. The number of imidazole rings is 1. The van der Waals surface area contributed by atoms with Gasteiger partial charge in [-0.25, -0.2) is 4.98 Å². The summed E-state index contributed by atoms with van der Waals surface area (Å²) >= 11 is 3.32. The molecule has 0 bridgehead atoms. The van der Waals surface area contributed by atoms with Crippen LogP contribution >= 0.6 is 15.9 Å². The third-order valence-electron chi connectivity index (χ3n) is 1.83. The third kappa shape index (κ3) is 1.90. The predicted octanol–water partition coefficient (Wildman–Crippen LogP) is 1.31. The lowest BCUT2D eigenvalue weighted by molar-refractivity contribution is 0.346. The molecule has 1 aromatic rings. The summed E-state index contributed by atoms with van der Waals surface area (Å²) in [5.74, 6) is 0. The molecule has 0 radical (unpaired) electrons. The Balaban J connectivity index is 3.12. The molecule has 0 aliphatic carbocycles. The average molecular weight is 243 g/mol. The van der Waals surface area contributed by atoms with Crippen LogP contribution in [0.2, 0.25) is 0 Å². The van der Waals surface area contributed by atoms with Gasteiger partial charge in [0.15, 0.2) is 0 Å². The van der Waals surface area contributed by atoms with Crippen LogP contribution in [0.1, 0.15) is 11.7 Å². The Morgan fingerprint density at radius 2 is 2.31 bits per heavy atom. The molecule has 0 saturated heterocycles. The monoisotopic (exact) mass is 242 g/mol. The summed E-state index contributed by atoms with van der Waals surface area (Å²) in [5.41, 5.74) is 0.882. The van der Waals surface area contributed by atoms with Gasteiger partial charge in [-0.3, -0.25) is 4.90 Å². The number of nitrogens with zero attached hydrogens (tertiary/aromatic N) is 4. The van der Waals surface area contributed by atoms with E-state index >= 15 is 0 Å². The normalized spacial score (nSPS) is 12.9. The van der Waals surface area contributed by atoms with Crippen molar-refractivity contribution in [2.45, 2.75) is 6.04 Å². The van der Waals surface area contributed by atoms with E-state index in [-0.39, 0.29) is 6.04 Å². The highest BCUT2D eigenvalue weighted by molar-refractivity contribution is 9.10. The van der Waals surface area contributed by atoms with Crippen LogP contribution in [0.3, 0.4) is 0 Å². The highest BCUT2D eigenvalue weighted by Crippen LogP contribution is 2.23. The van der Waals surface area contributed by atoms with Gasteiger partial charge in [0.2, 0.25) is 0 Å². The van der Waals surface area contributed by atoms with E-state index in [0.717, 1.165) is 10.3 Å². The molecule has 0 aliphatic heterocycles. The first-order chi connectivity index (χ1) is 6.07. The van der Waals surface area contributed by atoms with E-state index in [9.17, 15) is 0 Å². The second kappa shape index (κ2) is 3.90. The molecule has 70 valence electrons. The molecular weight excluding hydrogens is 232 g/mol. The van der Waals surface area contributed by atoms with Crippen molar-refractivity contribution in [3.05, 3.63) is 16.6 Å². The van der Waals surface area contributed by atoms with Crippen LogP contribution in [-0.2, 0) is 7.05 Å². The van der Waals surface area contributed by atoms with Gasteiger partial charge in [0, 0.05) is 7.05 Å². The number of nitriles is 1. The minimum Gasteiger partial charge on any atom is -0.334 e. The first-order valence-electron chi connectivity index (χ1n) is 3.80. The van der Waals surface area contributed by atoms with Gasteiger partial charge in [0.25, 0.3) is 0 Å². The summed E-state index contributed by atoms with van der Waals surface area (Å²) < 4.78 is 2.58. The SMILES string of the molecule is CN(C)C(C#N)c1c(Br)ncn1C. The lowest BCUT2D eigenvalue weighted by atomic mass is 10.2. The number of hydrogen-bond donors (Lipinski definition) is 0. The predicted molar refractivity (Wildman–Crippen MR) is 52.9 cm³/mol. The van der Waals surface area contributed by atoms with E-state index in [1.165, 1.54) is 0 Å². The maximum absolute atomic E-state index is 8.96. The minimum atomic E-state index is -0.262. The molecule has 1 aromatic heterocycles. The Morgan fingerprint density at radius 1 is 1.69 bits per heavy atom. The molecule has 0 aliphatic rings. The number of hydrogen-bond acceptors (Lipinski definition) is 3. The average Bonchev–Trinajstić information content (AvgIpc) is 2.36. The minimum absolute atomic E-state index is 0.262. The van der Waals surface area contributed by atoms with Gasteiger partial charge in [-0.15, -0.1) is 0 Å². The number of aromatic nitrogens is 2. The number of rotatable bonds is 2. The Bertz CT molecular complexity index is 317. The molecule has 0 spiro atoms. The fraction of sp³-hybridized carbons (Fsp3) is 0.500. The van der Waals surface area contributed by atoms with E-state index in [1.54, 1.807) is 6.33 Å². The quantitative estimate of drug-likeness (QED) is 0.786. The third-order valence-corrected chi connectivity index (χ3v) is 2.44. The van der Waals surface area contributed by atoms with Gasteiger partial charge in [-0.05, 0) is 30.0 Å². The van der Waals surface area contributed by atoms with E-state index in [0.29, 0.717) is 0 Å². The number of aryl methyl sites for hydroxylation is 1. The molecular formula is C8H11BrN4. The Kier molecular flexibility index (Phi) is 3.07. The van der Waals surface area contributed by atoms with Crippen LogP contribution in [-0.4, -0.2) is 28.5 Å². The van der Waals surface area contributed by atoms with Gasteiger partial charge in [-0.1, -0.05) is 0 Å². The molecule has 4 nitrogen and oxygen atoms in total. The van der Waals surface area contributed by atoms with Crippen LogP contribution in [0.25, 0.3) is 0 Å². The lowest BCUT2D eigenvalue weighted by Crippen LogP contribution is -2.20. The summed E-state index contributed by atoms with van der Waals surface area (Å²) in [7, 11) is 5.61. The van der Waals surface area contributed by atoms with Crippen molar-refractivity contribution < 1.29 is 0 Å². The zero-order chi connectivity index (χ0) is 10.0. The fourth-order valence-electron chi connectivity index (χ4n) is 1.14. The second-order valence-corrected chi connectivity index (χ2v) is 3.78. The molecule has 0 saturated carbocycles. The highest BCUT2D eigenvalue weighted by Gasteiger charge is 2.19. The van der Waals surface area contributed by atoms with Gasteiger partial charge in [0.1, 0.15) is 10.6 Å². The van der Waals surface area contributed by atoms with E-state index < -0.39 is 0 Å². The molecule has 1 rings (SSSR count). The van der Waals surface area contributed by atoms with Crippen LogP contribution < -0.4 is 0 Å². The van der Waals surface area contributed by atoms with Crippen molar-refractivity contribution in [2.75, 3.05) is 14.1 Å². The van der Waals surface area contributed by atoms with Crippen molar-refractivity contribution in [2.24, 2.45) is 7.05 Å². The molecule has 5 heteroatoms. The molecule has 0 fully saturated rings. The number of halogens is 1. The van der Waals surface area contributed by atoms with Gasteiger partial charge in [0.05, 0.1) is 18.1 Å². The zero-order valence-corrected chi connectivity index (χ0v) is 9.41. The van der Waals surface area contributed by atoms with Crippen LogP contribution in [0.4, 0.5) is 0 Å².